The molecule has 0 aromatic heterocycles. The predicted octanol–water partition coefficient (Wildman–Crippen LogP) is 6.02. The van der Waals surface area contributed by atoms with Crippen LogP contribution < -0.4 is 0 Å². The van der Waals surface area contributed by atoms with Crippen molar-refractivity contribution in [3.8, 4) is 0 Å². The summed E-state index contributed by atoms with van der Waals surface area (Å²) < 4.78 is -1.31. The van der Waals surface area contributed by atoms with E-state index in [4.69, 9.17) is 46.4 Å². The molecule has 0 amide bonds. The maximum absolute atomic E-state index is 6.20. The van der Waals surface area contributed by atoms with Crippen molar-refractivity contribution in [3.05, 3.63) is 35.4 Å². The first kappa shape index (κ1) is 15.4. The Bertz CT molecular complexity index is 356. The van der Waals surface area contributed by atoms with Gasteiger partial charge in [-0.25, -0.2) is 0 Å². The highest BCUT2D eigenvalue weighted by Crippen LogP contribution is 2.39. The van der Waals surface area contributed by atoms with Crippen LogP contribution in [0.15, 0.2) is 24.3 Å². The van der Waals surface area contributed by atoms with Gasteiger partial charge in [0.2, 0.25) is 0 Å². The highest BCUT2D eigenvalue weighted by molar-refractivity contribution is 6.67. The van der Waals surface area contributed by atoms with Gasteiger partial charge in [-0.15, -0.1) is 11.6 Å². The Kier molecular flexibility index (Phi) is 5.06. The van der Waals surface area contributed by atoms with E-state index in [-0.39, 0.29) is 10.8 Å². The van der Waals surface area contributed by atoms with Crippen LogP contribution in [0.2, 0.25) is 0 Å². The van der Waals surface area contributed by atoms with Crippen LogP contribution in [0.25, 0.3) is 0 Å². The Hall–Kier alpha value is 0.380. The third-order valence-electron chi connectivity index (χ3n) is 2.55. The first-order valence-electron chi connectivity index (χ1n) is 5.41. The van der Waals surface area contributed by atoms with Crippen LogP contribution >= 0.6 is 46.4 Å². The van der Waals surface area contributed by atoms with Crippen molar-refractivity contribution in [2.75, 3.05) is 0 Å². The second-order valence-electron chi connectivity index (χ2n) is 5.16. The highest BCUT2D eigenvalue weighted by Gasteiger charge is 2.25. The van der Waals surface area contributed by atoms with E-state index in [1.54, 1.807) is 0 Å². The summed E-state index contributed by atoms with van der Waals surface area (Å²) in [6.45, 7) is 6.50. The summed E-state index contributed by atoms with van der Waals surface area (Å²) >= 11 is 23.4. The van der Waals surface area contributed by atoms with E-state index >= 15 is 0 Å². The lowest BCUT2D eigenvalue weighted by molar-refractivity contribution is 0.590. The Morgan fingerprint density at radius 3 is 1.82 bits per heavy atom. The molecule has 0 aliphatic heterocycles. The van der Waals surface area contributed by atoms with E-state index < -0.39 is 3.79 Å². The Morgan fingerprint density at radius 2 is 1.47 bits per heavy atom. The molecule has 1 aromatic rings. The summed E-state index contributed by atoms with van der Waals surface area (Å²) in [6.07, 6.45) is 0.300. The summed E-state index contributed by atoms with van der Waals surface area (Å²) in [7, 11) is 0. The lowest BCUT2D eigenvalue weighted by Crippen LogP contribution is -2.11. The Morgan fingerprint density at radius 1 is 1.00 bits per heavy atom. The SMILES string of the molecule is CC(C)(C)c1ccc(C(Cl)CC(Cl)(Cl)Cl)cc1. The average molecular weight is 314 g/mol. The van der Waals surface area contributed by atoms with Gasteiger partial charge in [0.1, 0.15) is 0 Å². The number of benzene rings is 1. The summed E-state index contributed by atoms with van der Waals surface area (Å²) in [5.74, 6) is 0. The van der Waals surface area contributed by atoms with E-state index in [9.17, 15) is 0 Å². The van der Waals surface area contributed by atoms with Crippen LogP contribution in [0.5, 0.6) is 0 Å². The number of hydrogen-bond donors (Lipinski definition) is 0. The Balaban J connectivity index is 2.81. The largest absolute Gasteiger partial charge is 0.192 e. The minimum Gasteiger partial charge on any atom is -0.118 e. The zero-order valence-corrected chi connectivity index (χ0v) is 13.1. The van der Waals surface area contributed by atoms with Gasteiger partial charge in [0.15, 0.2) is 3.79 Å². The molecule has 0 radical (unpaired) electrons. The van der Waals surface area contributed by atoms with Gasteiger partial charge in [0, 0.05) is 6.42 Å². The van der Waals surface area contributed by atoms with Crippen LogP contribution in [-0.4, -0.2) is 3.79 Å². The fourth-order valence-electron chi connectivity index (χ4n) is 1.51. The zero-order chi connectivity index (χ0) is 13.3. The quantitative estimate of drug-likeness (QED) is 0.585. The Labute approximate surface area is 123 Å². The third kappa shape index (κ3) is 5.26. The van der Waals surface area contributed by atoms with Crippen LogP contribution in [0.4, 0.5) is 0 Å². The summed E-state index contributed by atoms with van der Waals surface area (Å²) in [5, 5.41) is -0.281. The van der Waals surface area contributed by atoms with Crippen LogP contribution in [-0.2, 0) is 5.41 Å². The summed E-state index contributed by atoms with van der Waals surface area (Å²) in [5.41, 5.74) is 2.38. The normalized spacial score (nSPS) is 14.8. The van der Waals surface area contributed by atoms with Gasteiger partial charge in [-0.05, 0) is 16.5 Å². The molecule has 4 heteroatoms. The first-order valence-corrected chi connectivity index (χ1v) is 6.98. The molecule has 0 nitrogen and oxygen atoms in total. The van der Waals surface area contributed by atoms with Crippen molar-refractivity contribution in [2.45, 2.75) is 41.8 Å². The minimum absolute atomic E-state index is 0.134. The molecule has 0 aliphatic carbocycles. The first-order chi connectivity index (χ1) is 7.59. The fourth-order valence-corrected chi connectivity index (χ4v) is 2.59. The minimum atomic E-state index is -1.31. The number of hydrogen-bond acceptors (Lipinski definition) is 0. The van der Waals surface area contributed by atoms with E-state index in [1.807, 2.05) is 12.1 Å². The average Bonchev–Trinajstić information content (AvgIpc) is 2.14. The van der Waals surface area contributed by atoms with E-state index in [0.29, 0.717) is 6.42 Å². The van der Waals surface area contributed by atoms with Crippen molar-refractivity contribution >= 4 is 46.4 Å². The van der Waals surface area contributed by atoms with Crippen molar-refractivity contribution in [3.63, 3.8) is 0 Å². The van der Waals surface area contributed by atoms with E-state index in [2.05, 4.69) is 32.9 Å². The second kappa shape index (κ2) is 5.57. The third-order valence-corrected chi connectivity index (χ3v) is 3.42. The van der Waals surface area contributed by atoms with Crippen molar-refractivity contribution in [1.82, 2.24) is 0 Å². The molecule has 1 aromatic carbocycles. The van der Waals surface area contributed by atoms with Gasteiger partial charge >= 0.3 is 0 Å². The highest BCUT2D eigenvalue weighted by atomic mass is 35.6. The molecular weight excluding hydrogens is 298 g/mol. The van der Waals surface area contributed by atoms with Crippen molar-refractivity contribution in [2.24, 2.45) is 0 Å². The van der Waals surface area contributed by atoms with Crippen LogP contribution in [0.3, 0.4) is 0 Å². The monoisotopic (exact) mass is 312 g/mol. The van der Waals surface area contributed by atoms with E-state index in [1.165, 1.54) is 5.56 Å². The fraction of sp³-hybridized carbons (Fsp3) is 0.538. The van der Waals surface area contributed by atoms with Crippen LogP contribution in [0.1, 0.15) is 43.7 Å². The molecule has 0 heterocycles. The van der Waals surface area contributed by atoms with Gasteiger partial charge in [-0.3, -0.25) is 0 Å². The van der Waals surface area contributed by atoms with Gasteiger partial charge < -0.3 is 0 Å². The smallest absolute Gasteiger partial charge is 0.118 e. The predicted molar refractivity (Wildman–Crippen MR) is 78.6 cm³/mol. The van der Waals surface area contributed by atoms with Gasteiger partial charge in [-0.1, -0.05) is 79.8 Å². The summed E-state index contributed by atoms with van der Waals surface area (Å²) in [4.78, 5) is 0. The number of halogens is 4. The molecule has 0 saturated heterocycles. The molecule has 17 heavy (non-hydrogen) atoms. The molecule has 0 bridgehead atoms. The molecule has 1 unspecified atom stereocenters. The maximum atomic E-state index is 6.20. The topological polar surface area (TPSA) is 0 Å². The molecule has 0 spiro atoms. The molecular formula is C13H16Cl4. The van der Waals surface area contributed by atoms with Gasteiger partial charge in [0.25, 0.3) is 0 Å². The molecule has 1 atom stereocenters. The van der Waals surface area contributed by atoms with Gasteiger partial charge in [-0.2, -0.15) is 0 Å². The van der Waals surface area contributed by atoms with Crippen LogP contribution in [0, 0.1) is 0 Å². The summed E-state index contributed by atoms with van der Waals surface area (Å²) in [6, 6.07) is 8.13. The van der Waals surface area contributed by atoms with Gasteiger partial charge in [0.05, 0.1) is 5.38 Å². The molecule has 0 aliphatic rings. The van der Waals surface area contributed by atoms with Crippen molar-refractivity contribution < 1.29 is 0 Å². The van der Waals surface area contributed by atoms with E-state index in [0.717, 1.165) is 5.56 Å². The molecule has 0 saturated carbocycles. The standard InChI is InChI=1S/C13H16Cl4/c1-12(2,3)10-6-4-9(5-7-10)11(14)8-13(15,16)17/h4-7,11H,8H2,1-3H3. The zero-order valence-electron chi connectivity index (χ0n) is 10.1. The van der Waals surface area contributed by atoms with Crippen molar-refractivity contribution in [1.29, 1.82) is 0 Å². The maximum Gasteiger partial charge on any atom is 0.192 e. The second-order valence-corrected chi connectivity index (χ2v) is 8.20. The molecule has 0 fully saturated rings. The number of rotatable bonds is 2. The molecule has 96 valence electrons. The lowest BCUT2D eigenvalue weighted by Gasteiger charge is -2.21. The number of alkyl halides is 4. The molecule has 1 rings (SSSR count). The lowest BCUT2D eigenvalue weighted by atomic mass is 9.86. The molecule has 0 N–H and O–H groups in total.